The molecule has 0 aliphatic carbocycles. The van der Waals surface area contributed by atoms with Crippen LogP contribution in [0.25, 0.3) is 0 Å². The number of carboxylic acids is 1. The highest BCUT2D eigenvalue weighted by Crippen LogP contribution is 2.28. The fourth-order valence-corrected chi connectivity index (χ4v) is 3.16. The summed E-state index contributed by atoms with van der Waals surface area (Å²) in [5.74, 6) is -1.47. The third-order valence-electron chi connectivity index (χ3n) is 4.72. The number of aliphatic hydroxyl groups is 2. The minimum absolute atomic E-state index is 0.0960. The normalized spacial score (nSPS) is 24.2. The first-order valence-corrected chi connectivity index (χ1v) is 9.29. The Labute approximate surface area is 174 Å². The molecule has 2 aromatic rings. The molecule has 1 aliphatic rings. The molecular weight excluding hydrogens is 414 g/mol. The molecule has 1 aromatic carbocycles. The number of alkyl carbamates (subject to hydrolysis) is 1. The lowest BCUT2D eigenvalue weighted by Gasteiger charge is -2.39. The number of aliphatic hydroxyl groups excluding tert-OH is 2. The Hall–Kier alpha value is -3.48. The summed E-state index contributed by atoms with van der Waals surface area (Å²) in [5, 5.41) is 32.1. The molecule has 0 radical (unpaired) electrons. The largest absolute Gasteiger partial charge is 0.480 e. The van der Waals surface area contributed by atoms with Gasteiger partial charge in [-0.2, -0.15) is 0 Å². The van der Waals surface area contributed by atoms with Crippen LogP contribution in [0.3, 0.4) is 0 Å². The van der Waals surface area contributed by atoms with Crippen LogP contribution in [-0.4, -0.2) is 61.3 Å². The van der Waals surface area contributed by atoms with E-state index < -0.39 is 53.9 Å². The number of ether oxygens (including phenoxy) is 2. The number of nitrogens with zero attached hydrogens (tertiary/aromatic N) is 1. The number of aliphatic carboxylic acids is 1. The molecule has 2 heterocycles. The van der Waals surface area contributed by atoms with Crippen molar-refractivity contribution < 1.29 is 34.4 Å². The van der Waals surface area contributed by atoms with Crippen LogP contribution < -0.4 is 16.6 Å². The SMILES string of the molecule is O=C(N[C@H](C(=O)O)[C@@H]1C[C@@H](O)[C@@H](O)[C@H](n2ccc(=O)[nH]c2=O)O1)OCc1ccccc1. The zero-order valence-electron chi connectivity index (χ0n) is 16.1. The summed E-state index contributed by atoms with van der Waals surface area (Å²) in [6, 6.07) is 8.07. The van der Waals surface area contributed by atoms with Crippen molar-refractivity contribution in [2.24, 2.45) is 0 Å². The number of nitrogens with one attached hydrogen (secondary N) is 2. The van der Waals surface area contributed by atoms with Gasteiger partial charge in [-0.05, 0) is 5.56 Å². The molecule has 166 valence electrons. The quantitative estimate of drug-likeness (QED) is 0.377. The molecule has 0 bridgehead atoms. The third-order valence-corrected chi connectivity index (χ3v) is 4.72. The Morgan fingerprint density at radius 2 is 1.94 bits per heavy atom. The molecule has 0 spiro atoms. The van der Waals surface area contributed by atoms with Crippen molar-refractivity contribution >= 4 is 12.1 Å². The second-order valence-corrected chi connectivity index (χ2v) is 6.90. The lowest BCUT2D eigenvalue weighted by Crippen LogP contribution is -2.57. The number of benzene rings is 1. The van der Waals surface area contributed by atoms with Gasteiger partial charge in [-0.25, -0.2) is 14.4 Å². The van der Waals surface area contributed by atoms with Gasteiger partial charge in [0.25, 0.3) is 5.56 Å². The smallest absolute Gasteiger partial charge is 0.408 e. The second-order valence-electron chi connectivity index (χ2n) is 6.90. The summed E-state index contributed by atoms with van der Waals surface area (Å²) in [6.07, 6.45) is -6.19. The van der Waals surface area contributed by atoms with Gasteiger partial charge in [0.15, 0.2) is 12.3 Å². The average molecular weight is 435 g/mol. The number of carbonyl (C=O) groups is 2. The monoisotopic (exact) mass is 435 g/mol. The molecule has 1 amide bonds. The van der Waals surface area contributed by atoms with Crippen molar-refractivity contribution in [1.82, 2.24) is 14.9 Å². The molecule has 0 unspecified atom stereocenters. The van der Waals surface area contributed by atoms with Gasteiger partial charge in [0, 0.05) is 18.7 Å². The van der Waals surface area contributed by atoms with Crippen LogP contribution in [0.2, 0.25) is 0 Å². The molecular formula is C19H21N3O9. The summed E-state index contributed by atoms with van der Waals surface area (Å²) in [5.41, 5.74) is -0.920. The molecule has 12 nitrogen and oxygen atoms in total. The van der Waals surface area contributed by atoms with Crippen molar-refractivity contribution in [3.8, 4) is 0 Å². The predicted molar refractivity (Wildman–Crippen MR) is 103 cm³/mol. The molecule has 12 heteroatoms. The van der Waals surface area contributed by atoms with Crippen LogP contribution in [-0.2, 0) is 20.9 Å². The van der Waals surface area contributed by atoms with E-state index >= 15 is 0 Å². The number of aromatic amines is 1. The second kappa shape index (κ2) is 9.55. The van der Waals surface area contributed by atoms with Crippen molar-refractivity contribution in [3.63, 3.8) is 0 Å². The Kier molecular flexibility index (Phi) is 6.84. The van der Waals surface area contributed by atoms with Crippen LogP contribution in [0.1, 0.15) is 18.2 Å². The van der Waals surface area contributed by atoms with Crippen LogP contribution in [0.15, 0.2) is 52.2 Å². The van der Waals surface area contributed by atoms with Crippen LogP contribution in [0.5, 0.6) is 0 Å². The Morgan fingerprint density at radius 1 is 1.23 bits per heavy atom. The molecule has 0 saturated carbocycles. The number of aromatic nitrogens is 2. The minimum atomic E-state index is -1.65. The summed E-state index contributed by atoms with van der Waals surface area (Å²) in [4.78, 5) is 49.1. The van der Waals surface area contributed by atoms with E-state index in [1.54, 1.807) is 30.3 Å². The number of carboxylic acid groups (broad SMARTS) is 1. The van der Waals surface area contributed by atoms with Crippen LogP contribution in [0, 0.1) is 0 Å². The molecule has 1 aromatic heterocycles. The highest BCUT2D eigenvalue weighted by atomic mass is 16.6. The first-order valence-electron chi connectivity index (χ1n) is 9.29. The van der Waals surface area contributed by atoms with E-state index in [9.17, 15) is 34.5 Å². The first-order chi connectivity index (χ1) is 14.8. The van der Waals surface area contributed by atoms with Crippen molar-refractivity contribution in [1.29, 1.82) is 0 Å². The predicted octanol–water partition coefficient (Wildman–Crippen LogP) is -1.07. The standard InChI is InChI=1S/C19H21N3O9/c23-11-8-12(31-16(15(11)25)22-7-6-13(24)20-18(22)28)14(17(26)27)21-19(29)30-9-10-4-2-1-3-5-10/h1-7,11-12,14-16,23,25H,8-9H2,(H,21,29)(H,26,27)(H,20,24,28)/t11-,12+,14+,15-,16-/m1/s1. The van der Waals surface area contributed by atoms with E-state index in [1.807, 2.05) is 4.98 Å². The van der Waals surface area contributed by atoms with Crippen molar-refractivity contribution in [2.45, 2.75) is 43.6 Å². The molecule has 5 N–H and O–H groups in total. The zero-order chi connectivity index (χ0) is 22.5. The van der Waals surface area contributed by atoms with E-state index in [0.29, 0.717) is 5.56 Å². The maximum atomic E-state index is 12.1. The highest BCUT2D eigenvalue weighted by molar-refractivity contribution is 5.80. The van der Waals surface area contributed by atoms with Gasteiger partial charge in [0.1, 0.15) is 12.7 Å². The highest BCUT2D eigenvalue weighted by Gasteiger charge is 2.44. The van der Waals surface area contributed by atoms with E-state index in [-0.39, 0.29) is 13.0 Å². The summed E-state index contributed by atoms with van der Waals surface area (Å²) in [6.45, 7) is -0.0960. The molecule has 5 atom stereocenters. The molecule has 1 saturated heterocycles. The van der Waals surface area contributed by atoms with Gasteiger partial charge in [-0.15, -0.1) is 0 Å². The lowest BCUT2D eigenvalue weighted by molar-refractivity contribution is -0.208. The Balaban J connectivity index is 1.73. The van der Waals surface area contributed by atoms with Gasteiger partial charge >= 0.3 is 17.8 Å². The Bertz CT molecular complexity index is 1040. The van der Waals surface area contributed by atoms with Crippen molar-refractivity contribution in [3.05, 3.63) is 69.0 Å². The number of H-pyrrole nitrogens is 1. The maximum Gasteiger partial charge on any atom is 0.408 e. The summed E-state index contributed by atoms with van der Waals surface area (Å²) < 4.78 is 11.4. The fourth-order valence-electron chi connectivity index (χ4n) is 3.16. The average Bonchev–Trinajstić information content (AvgIpc) is 2.73. The van der Waals surface area contributed by atoms with E-state index in [2.05, 4.69) is 5.32 Å². The number of hydrogen-bond donors (Lipinski definition) is 5. The molecule has 3 rings (SSSR count). The number of carbonyl (C=O) groups excluding carboxylic acids is 1. The first kappa shape index (κ1) is 22.2. The van der Waals surface area contributed by atoms with Gasteiger partial charge in [0.2, 0.25) is 0 Å². The van der Waals surface area contributed by atoms with Crippen LogP contribution >= 0.6 is 0 Å². The van der Waals surface area contributed by atoms with Crippen molar-refractivity contribution in [2.75, 3.05) is 0 Å². The summed E-state index contributed by atoms with van der Waals surface area (Å²) in [7, 11) is 0. The number of amides is 1. The molecule has 1 fully saturated rings. The van der Waals surface area contributed by atoms with Gasteiger partial charge < -0.3 is 30.1 Å². The minimum Gasteiger partial charge on any atom is -0.480 e. The van der Waals surface area contributed by atoms with Gasteiger partial charge in [-0.1, -0.05) is 30.3 Å². The fraction of sp³-hybridized carbons (Fsp3) is 0.368. The van der Waals surface area contributed by atoms with E-state index in [1.165, 1.54) is 0 Å². The van der Waals surface area contributed by atoms with E-state index in [0.717, 1.165) is 16.8 Å². The molecule has 1 aliphatic heterocycles. The topological polar surface area (TPSA) is 180 Å². The number of hydrogen-bond acceptors (Lipinski definition) is 8. The third kappa shape index (κ3) is 5.36. The number of rotatable bonds is 6. The summed E-state index contributed by atoms with van der Waals surface area (Å²) >= 11 is 0. The van der Waals surface area contributed by atoms with Crippen LogP contribution in [0.4, 0.5) is 4.79 Å². The van der Waals surface area contributed by atoms with Gasteiger partial charge in [-0.3, -0.25) is 14.3 Å². The maximum absolute atomic E-state index is 12.1. The lowest BCUT2D eigenvalue weighted by atomic mass is 9.96. The van der Waals surface area contributed by atoms with Gasteiger partial charge in [0.05, 0.1) is 12.2 Å². The molecule has 31 heavy (non-hydrogen) atoms. The van der Waals surface area contributed by atoms with E-state index in [4.69, 9.17) is 9.47 Å². The Morgan fingerprint density at radius 3 is 2.58 bits per heavy atom. The zero-order valence-corrected chi connectivity index (χ0v) is 16.1.